The van der Waals surface area contributed by atoms with E-state index in [4.69, 9.17) is 4.74 Å². The number of amides is 2. The maximum absolute atomic E-state index is 14.6. The molecule has 1 aliphatic rings. The van der Waals surface area contributed by atoms with Crippen LogP contribution in [0.4, 0.5) is 0 Å². The van der Waals surface area contributed by atoms with Crippen molar-refractivity contribution in [1.82, 2.24) is 10.2 Å². The Bertz CT molecular complexity index is 1680. The number of hydrogen-bond donors (Lipinski definition) is 1. The van der Waals surface area contributed by atoms with Crippen molar-refractivity contribution in [2.45, 2.75) is 32.9 Å². The van der Waals surface area contributed by atoms with E-state index < -0.39 is 24.8 Å². The van der Waals surface area contributed by atoms with Crippen LogP contribution < -0.4 is 21.2 Å². The highest BCUT2D eigenvalue weighted by Gasteiger charge is 2.55. The Labute approximate surface area is 276 Å². The van der Waals surface area contributed by atoms with Gasteiger partial charge >= 0.3 is 5.97 Å². The Hall–Kier alpha value is -5.00. The summed E-state index contributed by atoms with van der Waals surface area (Å²) in [5.74, 6) is -1.51. The maximum Gasteiger partial charge on any atom is 0.356 e. The van der Waals surface area contributed by atoms with Gasteiger partial charge in [0.25, 0.3) is 0 Å². The lowest BCUT2D eigenvalue weighted by Gasteiger charge is -2.51. The number of Topliss-reactive ketones (excluding diaryl/α,β-unsaturated/α-hetero) is 1. The minimum Gasteiger partial charge on any atom is -0.457 e. The molecule has 1 N–H and O–H groups in total. The van der Waals surface area contributed by atoms with Gasteiger partial charge in [-0.05, 0) is 27.4 Å². The fourth-order valence-corrected chi connectivity index (χ4v) is 10.8. The molecule has 2 amide bonds. The highest BCUT2D eigenvalue weighted by Crippen LogP contribution is 2.50. The predicted molar refractivity (Wildman–Crippen MR) is 189 cm³/mol. The van der Waals surface area contributed by atoms with Gasteiger partial charge < -0.3 is 15.0 Å². The van der Waals surface area contributed by atoms with Crippen LogP contribution in [-0.4, -0.2) is 47.0 Å². The van der Waals surface area contributed by atoms with Gasteiger partial charge in [0.1, 0.15) is 12.0 Å². The maximum atomic E-state index is 14.6. The number of rotatable bonds is 14. The summed E-state index contributed by atoms with van der Waals surface area (Å²) in [4.78, 5) is 55.1. The van der Waals surface area contributed by atoms with Gasteiger partial charge in [0.15, 0.2) is 5.78 Å². The monoisotopic (exact) mass is 646 g/mol. The van der Waals surface area contributed by atoms with Crippen LogP contribution >= 0.6 is 6.89 Å². The van der Waals surface area contributed by atoms with Crippen LogP contribution in [0, 0.1) is 11.8 Å². The number of β-lactam (4-membered cyclic amide) rings is 1. The largest absolute Gasteiger partial charge is 0.457 e. The van der Waals surface area contributed by atoms with Gasteiger partial charge in [0.2, 0.25) is 12.3 Å². The smallest absolute Gasteiger partial charge is 0.356 e. The van der Waals surface area contributed by atoms with Crippen molar-refractivity contribution >= 4 is 52.3 Å². The molecule has 7 nitrogen and oxygen atoms in total. The van der Waals surface area contributed by atoms with Crippen molar-refractivity contribution in [3.8, 4) is 0 Å². The summed E-state index contributed by atoms with van der Waals surface area (Å²) in [5.41, 5.74) is 1.60. The van der Waals surface area contributed by atoms with Crippen molar-refractivity contribution in [3.63, 3.8) is 0 Å². The van der Waals surface area contributed by atoms with E-state index in [1.54, 1.807) is 29.2 Å². The van der Waals surface area contributed by atoms with Crippen molar-refractivity contribution in [1.29, 1.82) is 0 Å². The summed E-state index contributed by atoms with van der Waals surface area (Å²) in [7, 11) is 0. The van der Waals surface area contributed by atoms with Crippen LogP contribution in [0.15, 0.2) is 128 Å². The standard InChI is InChI=1S/C39H39N2O5P/c1-4-24-46-39(45)38(47(31-14-8-5-9-15-31,32-16-10-6-11-17-32)33-18-12-7-13-19-33)41-34(36(28(2)3)37(41)44)25-35(43)30-22-20-29(21-23-30)26-40-27-42/h4-23,27-28,34,36H,1,24-26H2,2-3H3,(H,40,42)/t34-,36-/m1/s1. The lowest BCUT2D eigenvalue weighted by Crippen LogP contribution is -2.67. The van der Waals surface area contributed by atoms with Gasteiger partial charge in [-0.3, -0.25) is 14.4 Å². The van der Waals surface area contributed by atoms with Gasteiger partial charge in [-0.2, -0.15) is 0 Å². The Morgan fingerprint density at radius 3 is 1.81 bits per heavy atom. The molecule has 5 rings (SSSR count). The molecule has 0 unspecified atom stereocenters. The predicted octanol–water partition coefficient (Wildman–Crippen LogP) is 4.84. The minimum atomic E-state index is -3.08. The first kappa shape index (κ1) is 33.4. The molecule has 0 spiro atoms. The fraction of sp³-hybridized carbons (Fsp3) is 0.205. The molecule has 1 heterocycles. The van der Waals surface area contributed by atoms with Crippen molar-refractivity contribution in [2.24, 2.45) is 11.8 Å². The van der Waals surface area contributed by atoms with Gasteiger partial charge in [0, 0.05) is 25.4 Å². The Morgan fingerprint density at radius 1 is 0.851 bits per heavy atom. The second kappa shape index (κ2) is 15.1. The molecular formula is C39H39N2O5P. The number of benzene rings is 4. The van der Waals surface area contributed by atoms with Crippen LogP contribution in [0.3, 0.4) is 0 Å². The zero-order valence-electron chi connectivity index (χ0n) is 26.6. The number of esters is 1. The first-order valence-electron chi connectivity index (χ1n) is 15.7. The molecule has 1 aliphatic heterocycles. The first-order valence-corrected chi connectivity index (χ1v) is 17.5. The van der Waals surface area contributed by atoms with Gasteiger partial charge in [0.05, 0.1) is 12.0 Å². The molecule has 1 saturated heterocycles. The summed E-state index contributed by atoms with van der Waals surface area (Å²) in [5, 5.41) is 5.27. The van der Waals surface area contributed by atoms with Crippen LogP contribution in [-0.2, 0) is 25.7 Å². The lowest BCUT2D eigenvalue weighted by atomic mass is 9.76. The third-order valence-electron chi connectivity index (χ3n) is 8.54. The second-order valence-electron chi connectivity index (χ2n) is 11.8. The summed E-state index contributed by atoms with van der Waals surface area (Å²) in [6.45, 7) is 4.92. The Balaban J connectivity index is 1.77. The Morgan fingerprint density at radius 2 is 1.36 bits per heavy atom. The molecule has 47 heavy (non-hydrogen) atoms. The number of carbonyl (C=O) groups excluding carboxylic acids is 4. The molecule has 4 aromatic rings. The van der Waals surface area contributed by atoms with Crippen molar-refractivity contribution in [3.05, 3.63) is 139 Å². The second-order valence-corrected chi connectivity index (χ2v) is 15.1. The molecule has 240 valence electrons. The fourth-order valence-electron chi connectivity index (χ4n) is 6.42. The number of ether oxygens (including phenoxy) is 1. The van der Waals surface area contributed by atoms with Gasteiger partial charge in [-0.15, -0.1) is 0 Å². The minimum absolute atomic E-state index is 0.0249. The highest BCUT2D eigenvalue weighted by atomic mass is 31.2. The number of carbonyl (C=O) groups is 4. The number of likely N-dealkylation sites (tertiary alicyclic amines) is 1. The molecule has 0 radical (unpaired) electrons. The quantitative estimate of drug-likeness (QED) is 0.0529. The van der Waals surface area contributed by atoms with E-state index in [-0.39, 0.29) is 36.1 Å². The topological polar surface area (TPSA) is 92.8 Å². The van der Waals surface area contributed by atoms with E-state index in [9.17, 15) is 19.2 Å². The molecule has 4 aromatic carbocycles. The molecule has 1 fully saturated rings. The summed E-state index contributed by atoms with van der Waals surface area (Å²) in [6.07, 6.45) is 2.16. The third-order valence-corrected chi connectivity index (χ3v) is 12.8. The number of ketones is 1. The molecule has 2 atom stereocenters. The van der Waals surface area contributed by atoms with Gasteiger partial charge in [-0.1, -0.05) is 142 Å². The molecule has 0 saturated carbocycles. The Kier molecular flexibility index (Phi) is 10.7. The first-order chi connectivity index (χ1) is 22.8. The number of hydrogen-bond acceptors (Lipinski definition) is 5. The van der Waals surface area contributed by atoms with E-state index in [2.05, 4.69) is 11.9 Å². The van der Waals surface area contributed by atoms with Crippen molar-refractivity contribution in [2.75, 3.05) is 6.61 Å². The van der Waals surface area contributed by atoms with E-state index in [0.717, 1.165) is 21.5 Å². The van der Waals surface area contributed by atoms with Crippen LogP contribution in [0.2, 0.25) is 0 Å². The van der Waals surface area contributed by atoms with E-state index >= 15 is 0 Å². The highest BCUT2D eigenvalue weighted by molar-refractivity contribution is 7.96. The average Bonchev–Trinajstić information content (AvgIpc) is 3.10. The van der Waals surface area contributed by atoms with Crippen molar-refractivity contribution < 1.29 is 23.9 Å². The van der Waals surface area contributed by atoms with Crippen LogP contribution in [0.25, 0.3) is 0 Å². The summed E-state index contributed by atoms with van der Waals surface area (Å²) >= 11 is 0. The van der Waals surface area contributed by atoms with E-state index in [0.29, 0.717) is 18.5 Å². The normalized spacial score (nSPS) is 15.8. The third kappa shape index (κ3) is 6.63. The van der Waals surface area contributed by atoms with Gasteiger partial charge in [-0.25, -0.2) is 4.79 Å². The molecule has 0 aromatic heterocycles. The van der Waals surface area contributed by atoms with E-state index in [1.807, 2.05) is 105 Å². The zero-order valence-corrected chi connectivity index (χ0v) is 27.5. The average molecular weight is 647 g/mol. The van der Waals surface area contributed by atoms with Crippen LogP contribution in [0.5, 0.6) is 0 Å². The molecule has 0 bridgehead atoms. The molecule has 0 aliphatic carbocycles. The van der Waals surface area contributed by atoms with Crippen LogP contribution in [0.1, 0.15) is 36.2 Å². The SMILES string of the molecule is C=CCOC(=O)C(N1C(=O)[C@H](C(C)C)[C@H]1CC(=O)c1ccc(CNC=O)cc1)=P(c1ccccc1)(c1ccccc1)c1ccccc1. The zero-order chi connectivity index (χ0) is 33.4. The lowest BCUT2D eigenvalue weighted by molar-refractivity contribution is -0.153. The summed E-state index contributed by atoms with van der Waals surface area (Å²) in [6, 6.07) is 35.9. The van der Waals surface area contributed by atoms with E-state index in [1.165, 1.54) is 6.08 Å². The molecule has 8 heteroatoms. The summed E-state index contributed by atoms with van der Waals surface area (Å²) < 4.78 is 5.83. The molecular weight excluding hydrogens is 607 g/mol. The number of nitrogens with one attached hydrogen (secondary N) is 1. The number of nitrogens with zero attached hydrogens (tertiary/aromatic N) is 1.